The minimum absolute atomic E-state index is 0.101. The maximum Gasteiger partial charge on any atom is 0.265 e. The van der Waals surface area contributed by atoms with Crippen molar-refractivity contribution in [1.82, 2.24) is 0 Å². The van der Waals surface area contributed by atoms with Gasteiger partial charge in [0.15, 0.2) is 0 Å². The number of fused-ring (bicyclic) bond motifs is 3. The lowest BCUT2D eigenvalue weighted by atomic mass is 9.96. The van der Waals surface area contributed by atoms with Gasteiger partial charge in [0.2, 0.25) is 0 Å². The summed E-state index contributed by atoms with van der Waals surface area (Å²) in [4.78, 5) is 0.398. The number of hydrogen-bond acceptors (Lipinski definition) is 2. The molecule has 0 saturated carbocycles. The van der Waals surface area contributed by atoms with Crippen LogP contribution in [0.3, 0.4) is 0 Å². The van der Waals surface area contributed by atoms with E-state index in [1.54, 1.807) is 16.4 Å². The minimum atomic E-state index is -3.58. The van der Waals surface area contributed by atoms with Gasteiger partial charge in [-0.05, 0) is 43.0 Å². The van der Waals surface area contributed by atoms with Crippen LogP contribution in [0.4, 0.5) is 5.69 Å². The van der Waals surface area contributed by atoms with Crippen molar-refractivity contribution in [3.63, 3.8) is 0 Å². The summed E-state index contributed by atoms with van der Waals surface area (Å²) in [5.74, 6) is 0.240. The van der Waals surface area contributed by atoms with Gasteiger partial charge in [0, 0.05) is 5.92 Å². The normalized spacial score (nSPS) is 22.3. The predicted octanol–water partition coefficient (Wildman–Crippen LogP) is 3.92. The van der Waals surface area contributed by atoms with Crippen LogP contribution in [0.5, 0.6) is 0 Å². The summed E-state index contributed by atoms with van der Waals surface area (Å²) in [6, 6.07) is 13.2. The van der Waals surface area contributed by atoms with Crippen molar-refractivity contribution in [2.45, 2.75) is 37.1 Å². The second kappa shape index (κ2) is 4.96. The smallest absolute Gasteiger partial charge is 0.258 e. The van der Waals surface area contributed by atoms with E-state index < -0.39 is 10.0 Å². The molecule has 0 N–H and O–H groups in total. The van der Waals surface area contributed by atoms with E-state index in [0.717, 1.165) is 28.8 Å². The zero-order chi connectivity index (χ0) is 16.2. The van der Waals surface area contributed by atoms with E-state index in [4.69, 9.17) is 0 Å². The molecule has 0 radical (unpaired) electrons. The molecule has 4 heteroatoms. The number of hydrogen-bond donors (Lipinski definition) is 0. The van der Waals surface area contributed by atoms with Crippen LogP contribution in [0.15, 0.2) is 59.5 Å². The third-order valence-electron chi connectivity index (χ3n) is 4.93. The first-order valence-corrected chi connectivity index (χ1v) is 9.32. The molecule has 3 nitrogen and oxygen atoms in total. The highest BCUT2D eigenvalue weighted by atomic mass is 32.2. The van der Waals surface area contributed by atoms with Gasteiger partial charge in [-0.2, -0.15) is 0 Å². The monoisotopic (exact) mass is 325 g/mol. The molecular formula is C19H19NO2S. The van der Waals surface area contributed by atoms with E-state index in [9.17, 15) is 8.42 Å². The number of nitrogens with zero attached hydrogens (tertiary/aromatic N) is 1. The van der Waals surface area contributed by atoms with E-state index in [-0.39, 0.29) is 12.0 Å². The molecule has 2 aliphatic rings. The zero-order valence-electron chi connectivity index (χ0n) is 13.2. The first-order valence-electron chi connectivity index (χ1n) is 7.88. The summed E-state index contributed by atoms with van der Waals surface area (Å²) in [5, 5.41) is 0. The molecule has 2 aromatic rings. The standard InChI is InChI=1S/C19H19NO2S/c1-13-7-3-4-12-18(13)23(21,22)20-17-11-6-9-15(17)16-10-5-8-14(2)19(16)20/h3-8,10-12,15,17H,9H2,1-2H3. The number of sulfonamides is 1. The van der Waals surface area contributed by atoms with Crippen LogP contribution in [0.2, 0.25) is 0 Å². The Balaban J connectivity index is 1.95. The number of allylic oxidation sites excluding steroid dienone is 1. The summed E-state index contributed by atoms with van der Waals surface area (Å²) in [7, 11) is -3.58. The van der Waals surface area contributed by atoms with Crippen molar-refractivity contribution in [3.8, 4) is 0 Å². The third kappa shape index (κ3) is 1.98. The highest BCUT2D eigenvalue weighted by Crippen LogP contribution is 2.50. The molecule has 4 rings (SSSR count). The minimum Gasteiger partial charge on any atom is -0.258 e. The van der Waals surface area contributed by atoms with Gasteiger partial charge in [0.25, 0.3) is 10.0 Å². The Morgan fingerprint density at radius 2 is 1.74 bits per heavy atom. The maximum atomic E-state index is 13.4. The summed E-state index contributed by atoms with van der Waals surface area (Å²) in [5.41, 5.74) is 3.82. The Hall–Kier alpha value is -2.07. The van der Waals surface area contributed by atoms with Crippen molar-refractivity contribution in [2.24, 2.45) is 0 Å². The van der Waals surface area contributed by atoms with Crippen LogP contribution < -0.4 is 4.31 Å². The van der Waals surface area contributed by atoms with Gasteiger partial charge in [-0.25, -0.2) is 8.42 Å². The van der Waals surface area contributed by atoms with Crippen LogP contribution in [0.25, 0.3) is 0 Å². The van der Waals surface area contributed by atoms with Gasteiger partial charge in [0.05, 0.1) is 16.6 Å². The van der Waals surface area contributed by atoms with Crippen LogP contribution >= 0.6 is 0 Å². The van der Waals surface area contributed by atoms with E-state index >= 15 is 0 Å². The molecule has 23 heavy (non-hydrogen) atoms. The zero-order valence-corrected chi connectivity index (χ0v) is 14.0. The van der Waals surface area contributed by atoms with E-state index in [1.165, 1.54) is 0 Å². The largest absolute Gasteiger partial charge is 0.265 e. The lowest BCUT2D eigenvalue weighted by Gasteiger charge is -2.27. The van der Waals surface area contributed by atoms with Crippen LogP contribution in [-0.2, 0) is 10.0 Å². The van der Waals surface area contributed by atoms with Gasteiger partial charge in [0.1, 0.15) is 0 Å². The fourth-order valence-corrected chi connectivity index (χ4v) is 5.82. The second-order valence-corrected chi connectivity index (χ2v) is 8.12. The number of rotatable bonds is 2. The summed E-state index contributed by atoms with van der Waals surface area (Å²) in [6.45, 7) is 3.84. The summed E-state index contributed by atoms with van der Waals surface area (Å²) >= 11 is 0. The Labute approximate surface area is 137 Å². The SMILES string of the molecule is Cc1ccccc1S(=O)(=O)N1c2c(C)cccc2C2CC=CC21. The molecule has 1 aliphatic heterocycles. The molecule has 0 saturated heterocycles. The Kier molecular flexibility index (Phi) is 3.13. The van der Waals surface area contributed by atoms with E-state index in [2.05, 4.69) is 12.1 Å². The fraction of sp³-hybridized carbons (Fsp3) is 0.263. The third-order valence-corrected chi connectivity index (χ3v) is 6.88. The molecule has 1 aliphatic carbocycles. The van der Waals surface area contributed by atoms with Gasteiger partial charge in [-0.1, -0.05) is 48.6 Å². The van der Waals surface area contributed by atoms with Crippen molar-refractivity contribution in [1.29, 1.82) is 0 Å². The lowest BCUT2D eigenvalue weighted by molar-refractivity contribution is 0.581. The van der Waals surface area contributed by atoms with Crippen molar-refractivity contribution >= 4 is 15.7 Å². The highest BCUT2D eigenvalue weighted by molar-refractivity contribution is 7.93. The molecule has 0 amide bonds. The molecular weight excluding hydrogens is 306 g/mol. The molecule has 0 spiro atoms. The number of benzene rings is 2. The molecule has 2 aromatic carbocycles. The average Bonchev–Trinajstić information content (AvgIpc) is 3.08. The lowest BCUT2D eigenvalue weighted by Crippen LogP contribution is -2.37. The van der Waals surface area contributed by atoms with Crippen LogP contribution in [0, 0.1) is 13.8 Å². The Morgan fingerprint density at radius 3 is 2.52 bits per heavy atom. The van der Waals surface area contributed by atoms with Crippen molar-refractivity contribution < 1.29 is 8.42 Å². The van der Waals surface area contributed by atoms with E-state index in [1.807, 2.05) is 44.2 Å². The van der Waals surface area contributed by atoms with Crippen LogP contribution in [-0.4, -0.2) is 14.5 Å². The molecule has 2 unspecified atom stereocenters. The van der Waals surface area contributed by atoms with E-state index in [0.29, 0.717) is 4.90 Å². The van der Waals surface area contributed by atoms with Crippen molar-refractivity contribution in [3.05, 3.63) is 71.3 Å². The van der Waals surface area contributed by atoms with Gasteiger partial charge in [-0.15, -0.1) is 0 Å². The fourth-order valence-electron chi connectivity index (χ4n) is 3.85. The predicted molar refractivity (Wildman–Crippen MR) is 92.3 cm³/mol. The van der Waals surface area contributed by atoms with Crippen LogP contribution in [0.1, 0.15) is 29.0 Å². The number of anilines is 1. The molecule has 1 heterocycles. The first kappa shape index (κ1) is 14.5. The topological polar surface area (TPSA) is 37.4 Å². The molecule has 0 bridgehead atoms. The first-order chi connectivity index (χ1) is 11.0. The highest BCUT2D eigenvalue weighted by Gasteiger charge is 2.45. The second-order valence-electron chi connectivity index (χ2n) is 6.34. The van der Waals surface area contributed by atoms with Gasteiger partial charge in [-0.3, -0.25) is 4.31 Å². The Bertz CT molecular complexity index is 915. The number of aryl methyl sites for hydroxylation is 2. The van der Waals surface area contributed by atoms with Crippen molar-refractivity contribution in [2.75, 3.05) is 4.31 Å². The Morgan fingerprint density at radius 1 is 1.00 bits per heavy atom. The van der Waals surface area contributed by atoms with Gasteiger partial charge >= 0.3 is 0 Å². The quantitative estimate of drug-likeness (QED) is 0.785. The summed E-state index contributed by atoms with van der Waals surface area (Å²) in [6.07, 6.45) is 5.04. The molecule has 0 fully saturated rings. The number of para-hydroxylation sites is 1. The maximum absolute atomic E-state index is 13.4. The summed E-state index contributed by atoms with van der Waals surface area (Å²) < 4.78 is 28.5. The van der Waals surface area contributed by atoms with Gasteiger partial charge < -0.3 is 0 Å². The molecule has 2 atom stereocenters. The molecule has 118 valence electrons. The molecule has 0 aromatic heterocycles. The average molecular weight is 325 g/mol.